The minimum atomic E-state index is -0.626. The highest BCUT2D eigenvalue weighted by Crippen LogP contribution is 2.64. The zero-order valence-corrected chi connectivity index (χ0v) is 47.7. The summed E-state index contributed by atoms with van der Waals surface area (Å²) in [5, 5.41) is 5.03. The fraction of sp³-hybridized carbons (Fsp3) is 0.0238. The van der Waals surface area contributed by atoms with Gasteiger partial charge in [0.1, 0.15) is 0 Å². The van der Waals surface area contributed by atoms with Crippen molar-refractivity contribution in [2.45, 2.75) is 10.8 Å². The van der Waals surface area contributed by atoms with E-state index in [4.69, 9.17) is 0 Å². The lowest BCUT2D eigenvalue weighted by molar-refractivity contribution is 0.748. The van der Waals surface area contributed by atoms with E-state index in [-0.39, 0.29) is 0 Å². The third-order valence-electron chi connectivity index (χ3n) is 20.3. The largest absolute Gasteiger partial charge is 0.309 e. The van der Waals surface area contributed by atoms with Crippen LogP contribution in [0, 0.1) is 0 Å². The molecule has 88 heavy (non-hydrogen) atoms. The number of nitrogens with zero attached hydrogens (tertiary/aromatic N) is 4. The van der Waals surface area contributed by atoms with Gasteiger partial charge < -0.3 is 9.13 Å². The first-order valence-corrected chi connectivity index (χ1v) is 30.5. The first-order valence-electron chi connectivity index (χ1n) is 30.5. The Labute approximate surface area is 508 Å². The molecule has 0 fully saturated rings. The molecule has 0 bridgehead atoms. The average Bonchev–Trinajstić information content (AvgIpc) is 1.48. The number of hydrogen-bond donors (Lipinski definition) is 0. The van der Waals surface area contributed by atoms with Crippen LogP contribution in [-0.2, 0) is 10.8 Å². The van der Waals surface area contributed by atoms with Crippen LogP contribution in [0.15, 0.2) is 304 Å². The minimum Gasteiger partial charge on any atom is -0.309 e. The molecule has 16 aromatic rings. The molecule has 0 N–H and O–H groups in total. The Morgan fingerprint density at radius 1 is 0.239 bits per heavy atom. The number of para-hydroxylation sites is 4. The Morgan fingerprint density at radius 2 is 0.761 bits per heavy atom. The molecule has 4 aromatic heterocycles. The fourth-order valence-corrected chi connectivity index (χ4v) is 16.9. The quantitative estimate of drug-likeness (QED) is 0.172. The van der Waals surface area contributed by atoms with Crippen LogP contribution in [0.4, 0.5) is 0 Å². The van der Waals surface area contributed by atoms with Crippen LogP contribution < -0.4 is 0 Å². The zero-order valence-electron chi connectivity index (χ0n) is 47.7. The monoisotopic (exact) mass is 1110 g/mol. The molecule has 6 heterocycles. The van der Waals surface area contributed by atoms with Gasteiger partial charge in [0.05, 0.1) is 44.3 Å². The number of rotatable bonds is 5. The van der Waals surface area contributed by atoms with E-state index >= 15 is 0 Å². The Balaban J connectivity index is 0.785. The third-order valence-corrected chi connectivity index (χ3v) is 20.3. The lowest BCUT2D eigenvalue weighted by Crippen LogP contribution is -2.33. The Kier molecular flexibility index (Phi) is 9.56. The van der Waals surface area contributed by atoms with E-state index in [1.807, 2.05) is 30.9 Å². The summed E-state index contributed by atoms with van der Waals surface area (Å²) in [7, 11) is 0. The lowest BCUT2D eigenvalue weighted by Gasteiger charge is -2.40. The van der Waals surface area contributed by atoms with Crippen molar-refractivity contribution in [3.8, 4) is 89.3 Å². The first kappa shape index (κ1) is 47.8. The Hall–Kier alpha value is -11.5. The van der Waals surface area contributed by atoms with Gasteiger partial charge in [-0.15, -0.1) is 0 Å². The van der Waals surface area contributed by atoms with Crippen molar-refractivity contribution in [2.24, 2.45) is 0 Å². The molecular formula is C84H50N4. The van der Waals surface area contributed by atoms with E-state index in [0.717, 1.165) is 16.7 Å². The average molecular weight is 1120 g/mol. The number of hydrogen-bond acceptors (Lipinski definition) is 2. The van der Waals surface area contributed by atoms with Crippen molar-refractivity contribution in [3.05, 3.63) is 348 Å². The highest BCUT2D eigenvalue weighted by molar-refractivity contribution is 6.15. The maximum absolute atomic E-state index is 4.56. The van der Waals surface area contributed by atoms with Crippen molar-refractivity contribution >= 4 is 43.6 Å². The molecule has 4 heteroatoms. The SMILES string of the molecule is c1cncc(-c2ccccc2-c2ccc3c(c2)C2(c4ccccc4-c4cc(-c5ccc6c(c5)c5cccc7c5n6-c5ccccc5C75c6ccccc6-c6c(-c7ccc(-c8ccncc8)cc7)cccc65)ccc42)c2cccc4c5ccccc5n-3c24)c1. The van der Waals surface area contributed by atoms with Crippen molar-refractivity contribution in [2.75, 3.05) is 0 Å². The maximum Gasteiger partial charge on any atom is 0.0754 e. The van der Waals surface area contributed by atoms with Gasteiger partial charge in [-0.1, -0.05) is 218 Å². The van der Waals surface area contributed by atoms with Gasteiger partial charge in [0.15, 0.2) is 0 Å². The highest BCUT2D eigenvalue weighted by atomic mass is 15.0. The Bertz CT molecular complexity index is 5690. The van der Waals surface area contributed by atoms with E-state index in [1.165, 1.54) is 161 Å². The van der Waals surface area contributed by atoms with E-state index < -0.39 is 10.8 Å². The predicted octanol–water partition coefficient (Wildman–Crippen LogP) is 20.4. The predicted molar refractivity (Wildman–Crippen MR) is 360 cm³/mol. The molecule has 0 amide bonds. The van der Waals surface area contributed by atoms with Gasteiger partial charge in [-0.05, 0) is 177 Å². The van der Waals surface area contributed by atoms with Crippen LogP contribution in [0.2, 0.25) is 0 Å². The van der Waals surface area contributed by atoms with Gasteiger partial charge in [-0.2, -0.15) is 0 Å². The summed E-state index contributed by atoms with van der Waals surface area (Å²) in [5.41, 5.74) is 33.5. The van der Waals surface area contributed by atoms with Crippen LogP contribution in [0.1, 0.15) is 44.5 Å². The summed E-state index contributed by atoms with van der Waals surface area (Å²) in [6, 6.07) is 106. The summed E-state index contributed by atoms with van der Waals surface area (Å²) in [6.07, 6.45) is 7.56. The van der Waals surface area contributed by atoms with E-state index in [2.05, 4.69) is 292 Å². The second-order valence-electron chi connectivity index (χ2n) is 24.3. The topological polar surface area (TPSA) is 35.6 Å². The molecule has 2 unspecified atom stereocenters. The van der Waals surface area contributed by atoms with Crippen LogP contribution in [-0.4, -0.2) is 19.1 Å². The van der Waals surface area contributed by atoms with Crippen molar-refractivity contribution in [3.63, 3.8) is 0 Å². The van der Waals surface area contributed by atoms with Gasteiger partial charge in [-0.3, -0.25) is 9.97 Å². The molecule has 2 atom stereocenters. The number of benzene rings is 12. The first-order chi connectivity index (χ1) is 43.7. The molecule has 4 aliphatic rings. The zero-order chi connectivity index (χ0) is 57.4. The fourth-order valence-electron chi connectivity index (χ4n) is 16.9. The molecule has 0 saturated heterocycles. The van der Waals surface area contributed by atoms with Crippen molar-refractivity contribution in [1.29, 1.82) is 0 Å². The molecular weight excluding hydrogens is 1060 g/mol. The molecule has 0 radical (unpaired) electrons. The molecule has 2 aliphatic heterocycles. The summed E-state index contributed by atoms with van der Waals surface area (Å²) in [5.74, 6) is 0. The van der Waals surface area contributed by atoms with Crippen LogP contribution in [0.5, 0.6) is 0 Å². The normalized spacial score (nSPS) is 16.0. The van der Waals surface area contributed by atoms with Crippen molar-refractivity contribution in [1.82, 2.24) is 19.1 Å². The minimum absolute atomic E-state index is 0.564. The number of aromatic nitrogens is 4. The maximum atomic E-state index is 4.56. The standard InChI is InChI=1S/C84H50N4/c1-2-17-59(57-15-14-44-86-50-57)58(16-1)56-38-41-79-75(49-56)83(73-28-12-22-63-62-19-5-9-30-76(62)87(79)81(63)73)68-24-6-3-18-61(68)66-47-54(36-39-70(66)83)55-37-40-77-67(48-55)64-23-13-29-74-82(64)88(77)78-31-10-8-26-71(78)84(74)69-25-7-4-20-65(69)80-60(21-11-27-72(80)84)53-34-32-51(33-35-53)52-42-45-85-46-43-52/h1-50H. The van der Waals surface area contributed by atoms with Crippen LogP contribution in [0.3, 0.4) is 0 Å². The van der Waals surface area contributed by atoms with E-state index in [0.29, 0.717) is 0 Å². The summed E-state index contributed by atoms with van der Waals surface area (Å²) in [6.45, 7) is 0. The van der Waals surface area contributed by atoms with Crippen LogP contribution >= 0.6 is 0 Å². The molecule has 20 rings (SSSR count). The lowest BCUT2D eigenvalue weighted by atomic mass is 9.65. The third kappa shape index (κ3) is 6.03. The smallest absolute Gasteiger partial charge is 0.0754 e. The Morgan fingerprint density at radius 3 is 1.55 bits per heavy atom. The molecule has 12 aromatic carbocycles. The van der Waals surface area contributed by atoms with E-state index in [9.17, 15) is 0 Å². The van der Waals surface area contributed by atoms with Gasteiger partial charge >= 0.3 is 0 Å². The van der Waals surface area contributed by atoms with Crippen LogP contribution in [0.25, 0.3) is 133 Å². The summed E-state index contributed by atoms with van der Waals surface area (Å²) in [4.78, 5) is 8.83. The summed E-state index contributed by atoms with van der Waals surface area (Å²) < 4.78 is 5.12. The highest BCUT2D eigenvalue weighted by Gasteiger charge is 2.53. The molecule has 4 nitrogen and oxygen atoms in total. The second kappa shape index (κ2) is 17.6. The molecule has 406 valence electrons. The second-order valence-corrected chi connectivity index (χ2v) is 24.3. The molecule has 2 aliphatic carbocycles. The number of pyridine rings is 2. The number of fused-ring (bicyclic) bond motifs is 24. The van der Waals surface area contributed by atoms with E-state index in [1.54, 1.807) is 0 Å². The van der Waals surface area contributed by atoms with Gasteiger partial charge in [0.25, 0.3) is 0 Å². The van der Waals surface area contributed by atoms with Gasteiger partial charge in [0, 0.05) is 51.9 Å². The van der Waals surface area contributed by atoms with Crippen molar-refractivity contribution < 1.29 is 0 Å². The molecule has 2 spiro atoms. The van der Waals surface area contributed by atoms with Gasteiger partial charge in [-0.25, -0.2) is 0 Å². The molecule has 0 saturated carbocycles. The summed E-state index contributed by atoms with van der Waals surface area (Å²) >= 11 is 0. The van der Waals surface area contributed by atoms with Gasteiger partial charge in [0.2, 0.25) is 0 Å².